The number of amides is 3. The highest BCUT2D eigenvalue weighted by Gasteiger charge is 2.28. The van der Waals surface area contributed by atoms with Crippen LogP contribution in [-0.4, -0.2) is 48.4 Å². The maximum Gasteiger partial charge on any atom is 0.321 e. The zero-order valence-corrected chi connectivity index (χ0v) is 16.6. The van der Waals surface area contributed by atoms with E-state index >= 15 is 0 Å². The number of likely N-dealkylation sites (tertiary alicyclic amines) is 1. The molecule has 5 nitrogen and oxygen atoms in total. The average molecular weight is 360 g/mol. The molecule has 3 amide bonds. The number of hydrogen-bond acceptors (Lipinski definition) is 2. The SMILES string of the molecule is CCCCN(C)C(=O)C1CCN(C(=O)Nc2ccc(C(C)C)cc2)CC1. The average Bonchev–Trinajstić information content (AvgIpc) is 2.66. The number of unbranched alkanes of at least 4 members (excludes halogenated alkanes) is 1. The molecule has 0 unspecified atom stereocenters. The van der Waals surface area contributed by atoms with Crippen molar-refractivity contribution < 1.29 is 9.59 Å². The molecule has 1 N–H and O–H groups in total. The van der Waals surface area contributed by atoms with E-state index in [1.807, 2.05) is 29.0 Å². The summed E-state index contributed by atoms with van der Waals surface area (Å²) >= 11 is 0. The van der Waals surface area contributed by atoms with Crippen LogP contribution in [0.25, 0.3) is 0 Å². The van der Waals surface area contributed by atoms with E-state index in [4.69, 9.17) is 0 Å². The second-order valence-corrected chi connectivity index (χ2v) is 7.58. The molecule has 1 aliphatic heterocycles. The monoisotopic (exact) mass is 359 g/mol. The van der Waals surface area contributed by atoms with Crippen LogP contribution in [-0.2, 0) is 4.79 Å². The molecule has 5 heteroatoms. The molecule has 1 aromatic carbocycles. The van der Waals surface area contributed by atoms with Gasteiger partial charge in [-0.15, -0.1) is 0 Å². The zero-order valence-electron chi connectivity index (χ0n) is 16.6. The third-order valence-corrected chi connectivity index (χ3v) is 5.18. The number of nitrogens with zero attached hydrogens (tertiary/aromatic N) is 2. The maximum absolute atomic E-state index is 12.5. The van der Waals surface area contributed by atoms with Gasteiger partial charge in [-0.2, -0.15) is 0 Å². The highest BCUT2D eigenvalue weighted by Crippen LogP contribution is 2.21. The molecule has 1 aliphatic rings. The Morgan fingerprint density at radius 2 is 1.81 bits per heavy atom. The lowest BCUT2D eigenvalue weighted by atomic mass is 9.95. The third-order valence-electron chi connectivity index (χ3n) is 5.18. The van der Waals surface area contributed by atoms with E-state index in [0.717, 1.165) is 37.9 Å². The van der Waals surface area contributed by atoms with Crippen molar-refractivity contribution in [3.05, 3.63) is 29.8 Å². The standard InChI is InChI=1S/C21H33N3O2/c1-5-6-13-23(4)20(25)18-11-14-24(15-12-18)21(26)22-19-9-7-17(8-10-19)16(2)3/h7-10,16,18H,5-6,11-15H2,1-4H3,(H,22,26). The van der Waals surface area contributed by atoms with E-state index in [0.29, 0.717) is 19.0 Å². The van der Waals surface area contributed by atoms with E-state index in [2.05, 4.69) is 38.2 Å². The van der Waals surface area contributed by atoms with Gasteiger partial charge >= 0.3 is 6.03 Å². The summed E-state index contributed by atoms with van der Waals surface area (Å²) < 4.78 is 0. The van der Waals surface area contributed by atoms with Crippen LogP contribution in [0.2, 0.25) is 0 Å². The molecule has 144 valence electrons. The van der Waals surface area contributed by atoms with Crippen molar-refractivity contribution >= 4 is 17.6 Å². The Kier molecular flexibility index (Phi) is 7.49. The lowest BCUT2D eigenvalue weighted by Crippen LogP contribution is -2.45. The number of piperidine rings is 1. The molecular weight excluding hydrogens is 326 g/mol. The Bertz CT molecular complexity index is 590. The predicted octanol–water partition coefficient (Wildman–Crippen LogP) is 4.31. The first-order chi connectivity index (χ1) is 12.4. The van der Waals surface area contributed by atoms with Gasteiger partial charge in [-0.25, -0.2) is 4.79 Å². The van der Waals surface area contributed by atoms with Crippen LogP contribution < -0.4 is 5.32 Å². The quantitative estimate of drug-likeness (QED) is 0.823. The summed E-state index contributed by atoms with van der Waals surface area (Å²) in [5.74, 6) is 0.751. The van der Waals surface area contributed by atoms with Crippen molar-refractivity contribution in [3.63, 3.8) is 0 Å². The molecule has 0 atom stereocenters. The Labute approximate surface area is 157 Å². The highest BCUT2D eigenvalue weighted by molar-refractivity contribution is 5.89. The molecule has 1 heterocycles. The van der Waals surface area contributed by atoms with Gasteiger partial charge in [0.25, 0.3) is 0 Å². The molecule has 1 saturated heterocycles. The molecule has 0 spiro atoms. The minimum Gasteiger partial charge on any atom is -0.346 e. The second-order valence-electron chi connectivity index (χ2n) is 7.58. The number of rotatable bonds is 6. The van der Waals surface area contributed by atoms with Crippen molar-refractivity contribution in [3.8, 4) is 0 Å². The first-order valence-electron chi connectivity index (χ1n) is 9.83. The number of benzene rings is 1. The molecule has 0 aromatic heterocycles. The Morgan fingerprint density at radius 3 is 2.35 bits per heavy atom. The minimum atomic E-state index is -0.0764. The minimum absolute atomic E-state index is 0.0474. The smallest absolute Gasteiger partial charge is 0.321 e. The van der Waals surface area contributed by atoms with Gasteiger partial charge in [0, 0.05) is 38.3 Å². The fraction of sp³-hybridized carbons (Fsp3) is 0.619. The van der Waals surface area contributed by atoms with E-state index in [9.17, 15) is 9.59 Å². The molecule has 2 rings (SSSR count). The Hall–Kier alpha value is -2.04. The van der Waals surface area contributed by atoms with E-state index in [1.165, 1.54) is 5.56 Å². The number of hydrogen-bond donors (Lipinski definition) is 1. The highest BCUT2D eigenvalue weighted by atomic mass is 16.2. The first-order valence-corrected chi connectivity index (χ1v) is 9.83. The van der Waals surface area contributed by atoms with Crippen molar-refractivity contribution in [2.75, 3.05) is 32.0 Å². The van der Waals surface area contributed by atoms with Crippen LogP contribution >= 0.6 is 0 Å². The molecular formula is C21H33N3O2. The fourth-order valence-electron chi connectivity index (χ4n) is 3.30. The Morgan fingerprint density at radius 1 is 1.19 bits per heavy atom. The van der Waals surface area contributed by atoms with Crippen molar-refractivity contribution in [2.24, 2.45) is 5.92 Å². The summed E-state index contributed by atoms with van der Waals surface area (Å²) in [5, 5.41) is 2.96. The normalized spacial score (nSPS) is 15.2. The van der Waals surface area contributed by atoms with Crippen LogP contribution in [0.1, 0.15) is 57.9 Å². The maximum atomic E-state index is 12.5. The number of carbonyl (C=O) groups excluding carboxylic acids is 2. The molecule has 0 radical (unpaired) electrons. The van der Waals surface area contributed by atoms with E-state index in [-0.39, 0.29) is 17.9 Å². The summed E-state index contributed by atoms with van der Waals surface area (Å²) in [6.45, 7) is 8.52. The van der Waals surface area contributed by atoms with Gasteiger partial charge in [0.1, 0.15) is 0 Å². The van der Waals surface area contributed by atoms with Crippen LogP contribution in [0.3, 0.4) is 0 Å². The number of urea groups is 1. The number of carbonyl (C=O) groups is 2. The summed E-state index contributed by atoms with van der Waals surface area (Å²) in [6.07, 6.45) is 3.62. The number of anilines is 1. The number of nitrogens with one attached hydrogen (secondary N) is 1. The first kappa shape index (κ1) is 20.3. The molecule has 26 heavy (non-hydrogen) atoms. The van der Waals surface area contributed by atoms with Crippen LogP contribution in [0.5, 0.6) is 0 Å². The van der Waals surface area contributed by atoms with Crippen molar-refractivity contribution in [1.82, 2.24) is 9.80 Å². The molecule has 0 saturated carbocycles. The molecule has 0 aliphatic carbocycles. The Balaban J connectivity index is 1.81. The van der Waals surface area contributed by atoms with Gasteiger partial charge in [0.15, 0.2) is 0 Å². The van der Waals surface area contributed by atoms with Gasteiger partial charge in [-0.3, -0.25) is 4.79 Å². The van der Waals surface area contributed by atoms with Crippen LogP contribution in [0.15, 0.2) is 24.3 Å². The van der Waals surface area contributed by atoms with Crippen molar-refractivity contribution in [1.29, 1.82) is 0 Å². The summed E-state index contributed by atoms with van der Waals surface area (Å²) in [7, 11) is 1.89. The van der Waals surface area contributed by atoms with Gasteiger partial charge in [-0.1, -0.05) is 39.3 Å². The second kappa shape index (κ2) is 9.60. The van der Waals surface area contributed by atoms with Gasteiger partial charge in [0.05, 0.1) is 0 Å². The predicted molar refractivity (Wildman–Crippen MR) is 106 cm³/mol. The topological polar surface area (TPSA) is 52.7 Å². The van der Waals surface area contributed by atoms with Crippen molar-refractivity contribution in [2.45, 2.75) is 52.4 Å². The van der Waals surface area contributed by atoms with E-state index < -0.39 is 0 Å². The fourth-order valence-corrected chi connectivity index (χ4v) is 3.30. The van der Waals surface area contributed by atoms with Gasteiger partial charge in [-0.05, 0) is 42.9 Å². The van der Waals surface area contributed by atoms with Crippen LogP contribution in [0.4, 0.5) is 10.5 Å². The lowest BCUT2D eigenvalue weighted by Gasteiger charge is -2.33. The zero-order chi connectivity index (χ0) is 19.1. The molecule has 1 fully saturated rings. The summed E-state index contributed by atoms with van der Waals surface area (Å²) in [5.41, 5.74) is 2.08. The largest absolute Gasteiger partial charge is 0.346 e. The lowest BCUT2D eigenvalue weighted by molar-refractivity contribution is -0.135. The van der Waals surface area contributed by atoms with Gasteiger partial charge in [0.2, 0.25) is 5.91 Å². The summed E-state index contributed by atoms with van der Waals surface area (Å²) in [6, 6.07) is 7.93. The van der Waals surface area contributed by atoms with Crippen LogP contribution in [0, 0.1) is 5.92 Å². The third kappa shape index (κ3) is 5.48. The summed E-state index contributed by atoms with van der Waals surface area (Å²) in [4.78, 5) is 28.6. The molecule has 1 aromatic rings. The van der Waals surface area contributed by atoms with E-state index in [1.54, 1.807) is 0 Å². The molecule has 0 bridgehead atoms. The van der Waals surface area contributed by atoms with Gasteiger partial charge < -0.3 is 15.1 Å².